The number of amides is 2. The maximum atomic E-state index is 14.1. The van der Waals surface area contributed by atoms with Crippen molar-refractivity contribution in [3.63, 3.8) is 0 Å². The lowest BCUT2D eigenvalue weighted by Gasteiger charge is -2.35. The van der Waals surface area contributed by atoms with Crippen molar-refractivity contribution in [2.24, 2.45) is 0 Å². The number of carbonyl (C=O) groups excluding carboxylic acids is 2. The number of nitrogens with one attached hydrogen (secondary N) is 1. The van der Waals surface area contributed by atoms with Crippen molar-refractivity contribution in [1.82, 2.24) is 34.2 Å². The smallest absolute Gasteiger partial charge is 0.410 e. The van der Waals surface area contributed by atoms with Gasteiger partial charge in [-0.3, -0.25) is 14.3 Å². The van der Waals surface area contributed by atoms with Gasteiger partial charge in [0, 0.05) is 76.4 Å². The van der Waals surface area contributed by atoms with Crippen LogP contribution in [0.15, 0.2) is 42.7 Å². The Hall–Kier alpha value is -4.07. The third-order valence-electron chi connectivity index (χ3n) is 9.70. The molecule has 0 radical (unpaired) electrons. The SMILES string of the molecule is CC(C)(C)OC(=O)N1CCN(C(=O)c2nc3cc(-c4cc(NCCCN5CCCCC5)c5cnccc5n4)ccc3n2COCC[Si](C)(C)C)CC1. The lowest BCUT2D eigenvalue weighted by atomic mass is 10.1. The Labute approximate surface area is 308 Å². The van der Waals surface area contributed by atoms with Gasteiger partial charge >= 0.3 is 6.09 Å². The zero-order valence-electron chi connectivity index (χ0n) is 31.9. The molecular weight excluding hydrogens is 673 g/mol. The number of rotatable bonds is 12. The molecule has 6 rings (SSSR count). The lowest BCUT2D eigenvalue weighted by Crippen LogP contribution is -2.52. The number of imidazole rings is 1. The number of aromatic nitrogens is 4. The summed E-state index contributed by atoms with van der Waals surface area (Å²) >= 11 is 0. The van der Waals surface area contributed by atoms with Crippen LogP contribution < -0.4 is 5.32 Å². The van der Waals surface area contributed by atoms with Crippen LogP contribution in [-0.2, 0) is 16.2 Å². The first-order valence-electron chi connectivity index (χ1n) is 18.9. The normalized spacial score (nSPS) is 16.1. The molecule has 1 aromatic carbocycles. The fourth-order valence-electron chi connectivity index (χ4n) is 6.75. The van der Waals surface area contributed by atoms with Crippen LogP contribution in [0.2, 0.25) is 25.7 Å². The number of hydrogen-bond acceptors (Lipinski definition) is 9. The van der Waals surface area contributed by atoms with Gasteiger partial charge in [0.1, 0.15) is 12.3 Å². The average molecular weight is 729 g/mol. The van der Waals surface area contributed by atoms with Crippen LogP contribution in [0.1, 0.15) is 57.1 Å². The molecule has 0 unspecified atom stereocenters. The van der Waals surface area contributed by atoms with Gasteiger partial charge in [0.2, 0.25) is 5.82 Å². The first-order valence-corrected chi connectivity index (χ1v) is 22.6. The van der Waals surface area contributed by atoms with Gasteiger partial charge < -0.3 is 29.5 Å². The van der Waals surface area contributed by atoms with E-state index in [1.165, 1.54) is 32.4 Å². The molecule has 2 saturated heterocycles. The second-order valence-corrected chi connectivity index (χ2v) is 21.9. The van der Waals surface area contributed by atoms with Gasteiger partial charge in [0.15, 0.2) is 0 Å². The fraction of sp³-hybridized carbons (Fsp3) is 0.564. The van der Waals surface area contributed by atoms with Gasteiger partial charge in [-0.25, -0.2) is 14.8 Å². The third-order valence-corrected chi connectivity index (χ3v) is 11.4. The van der Waals surface area contributed by atoms with Gasteiger partial charge in [-0.05, 0) is 90.0 Å². The summed E-state index contributed by atoms with van der Waals surface area (Å²) in [5, 5.41) is 4.67. The molecule has 1 N–H and O–H groups in total. The minimum absolute atomic E-state index is 0.178. The number of carbonyl (C=O) groups is 2. The second-order valence-electron chi connectivity index (χ2n) is 16.3. The molecule has 0 bridgehead atoms. The van der Waals surface area contributed by atoms with E-state index in [1.54, 1.807) is 16.0 Å². The predicted molar refractivity (Wildman–Crippen MR) is 209 cm³/mol. The number of piperidine rings is 1. The molecule has 4 aromatic rings. The minimum atomic E-state index is -1.30. The summed E-state index contributed by atoms with van der Waals surface area (Å²) in [7, 11) is -1.30. The summed E-state index contributed by atoms with van der Waals surface area (Å²) in [5.74, 6) is 0.155. The summed E-state index contributed by atoms with van der Waals surface area (Å²) in [4.78, 5) is 47.1. The largest absolute Gasteiger partial charge is 0.444 e. The van der Waals surface area contributed by atoms with E-state index in [9.17, 15) is 9.59 Å². The molecule has 13 heteroatoms. The Morgan fingerprint density at radius 2 is 1.65 bits per heavy atom. The summed E-state index contributed by atoms with van der Waals surface area (Å²) in [6, 6.07) is 11.1. The van der Waals surface area contributed by atoms with E-state index in [4.69, 9.17) is 19.4 Å². The number of piperazine rings is 1. The van der Waals surface area contributed by atoms with E-state index in [0.717, 1.165) is 58.9 Å². The molecule has 0 spiro atoms. The highest BCUT2D eigenvalue weighted by Gasteiger charge is 2.30. The Morgan fingerprint density at radius 3 is 2.38 bits per heavy atom. The molecule has 12 nitrogen and oxygen atoms in total. The molecule has 2 fully saturated rings. The van der Waals surface area contributed by atoms with E-state index in [2.05, 4.69) is 40.9 Å². The summed E-state index contributed by atoms with van der Waals surface area (Å²) < 4.78 is 13.6. The first-order chi connectivity index (χ1) is 24.8. The van der Waals surface area contributed by atoms with E-state index in [-0.39, 0.29) is 18.7 Å². The number of ether oxygens (including phenoxy) is 2. The number of hydrogen-bond donors (Lipinski definition) is 1. The third kappa shape index (κ3) is 9.67. The number of fused-ring (bicyclic) bond motifs is 2. The monoisotopic (exact) mass is 728 g/mol. The van der Waals surface area contributed by atoms with Crippen LogP contribution in [0.5, 0.6) is 0 Å². The number of benzene rings is 1. The Bertz CT molecular complexity index is 1850. The number of anilines is 1. The first kappa shape index (κ1) is 37.7. The standard InChI is InChI=1S/C39H56N8O4Si/c1-39(2,3)51-38(49)46-21-19-45(20-22-46)37(48)36-43-34-25-29(11-12-35(34)47(36)28-50-23-24-52(4,5)6)32-26-33(30-27-40-15-13-31(30)42-32)41-14-10-18-44-16-8-7-9-17-44/h11-13,15,25-27H,7-10,14,16-24,28H2,1-6H3,(H,41,42). The van der Waals surface area contributed by atoms with Crippen molar-refractivity contribution in [1.29, 1.82) is 0 Å². The van der Waals surface area contributed by atoms with Crippen LogP contribution in [-0.4, -0.2) is 119 Å². The molecule has 0 saturated carbocycles. The van der Waals surface area contributed by atoms with Crippen LogP contribution >= 0.6 is 0 Å². The molecule has 5 heterocycles. The van der Waals surface area contributed by atoms with Crippen molar-refractivity contribution in [2.45, 2.75) is 84.5 Å². The second kappa shape index (κ2) is 16.3. The van der Waals surface area contributed by atoms with Crippen LogP contribution in [0.3, 0.4) is 0 Å². The van der Waals surface area contributed by atoms with Gasteiger partial charge in [-0.1, -0.05) is 32.1 Å². The highest BCUT2D eigenvalue weighted by atomic mass is 28.3. The van der Waals surface area contributed by atoms with Crippen molar-refractivity contribution in [3.8, 4) is 11.3 Å². The van der Waals surface area contributed by atoms with E-state index >= 15 is 0 Å². The molecule has 280 valence electrons. The molecule has 52 heavy (non-hydrogen) atoms. The van der Waals surface area contributed by atoms with Crippen LogP contribution in [0.25, 0.3) is 33.2 Å². The summed E-state index contributed by atoms with van der Waals surface area (Å²) in [6.45, 7) is 19.3. The molecule has 0 aliphatic carbocycles. The van der Waals surface area contributed by atoms with E-state index < -0.39 is 13.7 Å². The predicted octanol–water partition coefficient (Wildman–Crippen LogP) is 6.94. The zero-order valence-corrected chi connectivity index (χ0v) is 32.9. The zero-order chi connectivity index (χ0) is 36.9. The maximum absolute atomic E-state index is 14.1. The van der Waals surface area contributed by atoms with Crippen molar-refractivity contribution < 1.29 is 19.1 Å². The quantitative estimate of drug-likeness (QED) is 0.122. The minimum Gasteiger partial charge on any atom is -0.444 e. The van der Waals surface area contributed by atoms with Gasteiger partial charge in [0.05, 0.1) is 22.2 Å². The Kier molecular flexibility index (Phi) is 11.8. The van der Waals surface area contributed by atoms with E-state index in [1.807, 2.05) is 55.8 Å². The average Bonchev–Trinajstić information content (AvgIpc) is 3.48. The Morgan fingerprint density at radius 1 is 0.904 bits per heavy atom. The topological polar surface area (TPSA) is 118 Å². The molecular formula is C39H56N8O4Si. The van der Waals surface area contributed by atoms with Crippen molar-refractivity contribution >= 4 is 47.7 Å². The lowest BCUT2D eigenvalue weighted by molar-refractivity contribution is 0.0136. The molecule has 2 amide bonds. The Balaban J connectivity index is 1.24. The molecule has 0 atom stereocenters. The van der Waals surface area contributed by atoms with Gasteiger partial charge in [-0.2, -0.15) is 0 Å². The number of likely N-dealkylation sites (tertiary alicyclic amines) is 1. The van der Waals surface area contributed by atoms with Crippen LogP contribution in [0.4, 0.5) is 10.5 Å². The van der Waals surface area contributed by atoms with Gasteiger partial charge in [0.25, 0.3) is 5.91 Å². The van der Waals surface area contributed by atoms with Crippen LogP contribution in [0, 0.1) is 0 Å². The molecule has 3 aromatic heterocycles. The summed E-state index contributed by atoms with van der Waals surface area (Å²) in [5.41, 5.74) is 4.57. The maximum Gasteiger partial charge on any atom is 0.410 e. The molecule has 2 aliphatic heterocycles. The number of nitrogens with zero attached hydrogens (tertiary/aromatic N) is 7. The summed E-state index contributed by atoms with van der Waals surface area (Å²) in [6.07, 6.45) is 8.30. The van der Waals surface area contributed by atoms with E-state index in [0.29, 0.717) is 44.1 Å². The highest BCUT2D eigenvalue weighted by molar-refractivity contribution is 6.76. The van der Waals surface area contributed by atoms with Crippen molar-refractivity contribution in [2.75, 3.05) is 64.3 Å². The highest BCUT2D eigenvalue weighted by Crippen LogP contribution is 2.30. The fourth-order valence-corrected chi connectivity index (χ4v) is 7.51. The molecule has 2 aliphatic rings. The van der Waals surface area contributed by atoms with Crippen molar-refractivity contribution in [3.05, 3.63) is 48.5 Å². The van der Waals surface area contributed by atoms with Gasteiger partial charge in [-0.15, -0.1) is 0 Å². The number of pyridine rings is 2.